The molecule has 46 heavy (non-hydrogen) atoms. The molecule has 14 nitrogen and oxygen atoms in total. The molecule has 5 heterocycles. The highest BCUT2D eigenvalue weighted by atomic mass is 16.5. The summed E-state index contributed by atoms with van der Waals surface area (Å²) >= 11 is 0. The highest BCUT2D eigenvalue weighted by molar-refractivity contribution is 6.06. The average Bonchev–Trinajstić information content (AvgIpc) is 3.79. The van der Waals surface area contributed by atoms with Gasteiger partial charge in [0, 0.05) is 68.6 Å². The number of ether oxygens (including phenoxy) is 1. The molecule has 0 aliphatic carbocycles. The van der Waals surface area contributed by atoms with Crippen LogP contribution in [0.4, 0.5) is 17.5 Å². The van der Waals surface area contributed by atoms with Gasteiger partial charge in [0.05, 0.1) is 36.6 Å². The van der Waals surface area contributed by atoms with E-state index >= 15 is 0 Å². The molecule has 2 aliphatic rings. The van der Waals surface area contributed by atoms with Crippen molar-refractivity contribution in [3.63, 3.8) is 0 Å². The third kappa shape index (κ3) is 7.14. The zero-order valence-electron chi connectivity index (χ0n) is 26.3. The Morgan fingerprint density at radius 1 is 1.26 bits per heavy atom. The number of quaternary nitrogens is 1. The van der Waals surface area contributed by atoms with Gasteiger partial charge < -0.3 is 36.1 Å². The molecule has 1 aromatic carbocycles. The summed E-state index contributed by atoms with van der Waals surface area (Å²) in [5, 5.41) is 15.8. The molecule has 0 spiro atoms. The number of amidine groups is 1. The number of β-amino-alcohol motifs (C(OH)–C–C–N with tert-alkyl or cyclic N) is 1. The highest BCUT2D eigenvalue weighted by Gasteiger charge is 2.27. The van der Waals surface area contributed by atoms with Crippen molar-refractivity contribution in [3.05, 3.63) is 60.3 Å². The molecule has 0 radical (unpaired) electrons. The molecule has 1 unspecified atom stereocenters. The van der Waals surface area contributed by atoms with Gasteiger partial charge in [-0.15, -0.1) is 0 Å². The Balaban J connectivity index is 1.10. The predicted molar refractivity (Wildman–Crippen MR) is 176 cm³/mol. The number of nitrogens with two attached hydrogens (primary N) is 2. The molecule has 2 aliphatic heterocycles. The van der Waals surface area contributed by atoms with E-state index in [0.29, 0.717) is 30.5 Å². The molecular formula is C32H40N11O3+. The van der Waals surface area contributed by atoms with Crippen molar-refractivity contribution in [1.82, 2.24) is 29.8 Å². The van der Waals surface area contributed by atoms with Crippen molar-refractivity contribution in [2.75, 3.05) is 50.0 Å². The van der Waals surface area contributed by atoms with Crippen LogP contribution in [0.1, 0.15) is 25.3 Å². The summed E-state index contributed by atoms with van der Waals surface area (Å²) in [7, 11) is 1.94. The van der Waals surface area contributed by atoms with E-state index in [9.17, 15) is 9.90 Å². The van der Waals surface area contributed by atoms with Gasteiger partial charge in [-0.1, -0.05) is 12.1 Å². The van der Waals surface area contributed by atoms with Crippen molar-refractivity contribution in [3.8, 4) is 17.1 Å². The number of aryl methyl sites for hydroxylation is 1. The number of carbonyl (C=O) groups excluding carboxylic acids is 1. The van der Waals surface area contributed by atoms with Gasteiger partial charge in [0.1, 0.15) is 29.8 Å². The number of benzene rings is 1. The van der Waals surface area contributed by atoms with E-state index < -0.39 is 0 Å². The molecule has 2 saturated heterocycles. The number of amides is 1. The second-order valence-corrected chi connectivity index (χ2v) is 11.8. The number of aromatic nitrogens is 5. The Bertz CT molecular complexity index is 1790. The summed E-state index contributed by atoms with van der Waals surface area (Å²) in [5.74, 6) is 1.74. The van der Waals surface area contributed by atoms with Crippen LogP contribution in [0.25, 0.3) is 22.2 Å². The number of aliphatic imine (C=N–C) groups is 1. The van der Waals surface area contributed by atoms with Crippen LogP contribution in [-0.2, 0) is 4.79 Å². The molecule has 1 amide bonds. The zero-order chi connectivity index (χ0) is 32.2. The first-order valence-corrected chi connectivity index (χ1v) is 15.5. The van der Waals surface area contributed by atoms with Crippen LogP contribution in [0.2, 0.25) is 0 Å². The van der Waals surface area contributed by atoms with Crippen LogP contribution in [0.5, 0.6) is 5.88 Å². The van der Waals surface area contributed by atoms with E-state index in [1.54, 1.807) is 12.3 Å². The summed E-state index contributed by atoms with van der Waals surface area (Å²) < 4.78 is 6.15. The number of aliphatic hydroxyl groups is 1. The maximum atomic E-state index is 13.2. The Morgan fingerprint density at radius 3 is 2.93 bits per heavy atom. The van der Waals surface area contributed by atoms with Crippen LogP contribution < -0.4 is 26.0 Å². The molecular weight excluding hydrogens is 586 g/mol. The molecule has 4 aromatic rings. The molecule has 14 heteroatoms. The topological polar surface area (TPSA) is 187 Å². The minimum Gasteiger partial charge on any atom is -0.473 e. The van der Waals surface area contributed by atoms with Gasteiger partial charge in [-0.3, -0.25) is 9.69 Å². The molecule has 2 atom stereocenters. The number of rotatable bonds is 10. The normalized spacial score (nSPS) is 19.3. The molecule has 7 N–H and O–H groups in total. The van der Waals surface area contributed by atoms with Gasteiger partial charge >= 0.3 is 0 Å². The molecule has 2 fully saturated rings. The fraction of sp³-hybridized carbons (Fsp3) is 0.375. The number of aliphatic hydroxyl groups excluding tert-OH is 1. The Kier molecular flexibility index (Phi) is 9.19. The number of para-hydroxylation sites is 1. The van der Waals surface area contributed by atoms with E-state index in [1.807, 2.05) is 61.6 Å². The second kappa shape index (κ2) is 13.6. The molecule has 0 saturated carbocycles. The number of nitrogens with one attached hydrogen (secondary N) is 2. The number of hydrogen-bond donors (Lipinski definition) is 5. The van der Waals surface area contributed by atoms with Gasteiger partial charge in [-0.25, -0.2) is 19.9 Å². The van der Waals surface area contributed by atoms with Gasteiger partial charge in [-0.2, -0.15) is 4.99 Å². The van der Waals surface area contributed by atoms with Gasteiger partial charge in [-0.05, 0) is 31.4 Å². The largest absolute Gasteiger partial charge is 0.473 e. The first-order valence-electron chi connectivity index (χ1n) is 15.5. The maximum Gasteiger partial charge on any atom is 0.251 e. The van der Waals surface area contributed by atoms with E-state index in [0.717, 1.165) is 65.2 Å². The predicted octanol–water partition coefficient (Wildman–Crippen LogP) is 1.47. The van der Waals surface area contributed by atoms with E-state index in [4.69, 9.17) is 15.5 Å². The Morgan fingerprint density at radius 2 is 2.13 bits per heavy atom. The lowest BCUT2D eigenvalue weighted by Gasteiger charge is -2.19. The van der Waals surface area contributed by atoms with Crippen molar-refractivity contribution >= 4 is 40.1 Å². The highest BCUT2D eigenvalue weighted by Crippen LogP contribution is 2.33. The number of aromatic amines is 1. The van der Waals surface area contributed by atoms with Crippen molar-refractivity contribution < 1.29 is 20.0 Å². The van der Waals surface area contributed by atoms with Crippen molar-refractivity contribution in [2.45, 2.75) is 38.9 Å². The van der Waals surface area contributed by atoms with Crippen molar-refractivity contribution in [1.29, 1.82) is 0 Å². The zero-order valence-corrected chi connectivity index (χ0v) is 26.3. The van der Waals surface area contributed by atoms with Gasteiger partial charge in [0.25, 0.3) is 5.95 Å². The third-order valence-electron chi connectivity index (χ3n) is 8.26. The maximum absolute atomic E-state index is 13.2. The van der Waals surface area contributed by atoms with Gasteiger partial charge in [0.2, 0.25) is 11.8 Å². The number of hydrogen-bond acceptors (Lipinski definition) is 10. The Labute approximate surface area is 266 Å². The van der Waals surface area contributed by atoms with Crippen LogP contribution in [-0.4, -0.2) is 98.6 Å². The standard InChI is InChI=1S/C32H39N11O3/c1-19-13-36-32(40-26(33)11-20(2)34-3)41-30(19)24-14-35-31-23(24)5-4-6-25(31)39-28(45)17-42-9-8-22(16-42)46-29-12-27(37-18-38-29)43-10-7-21(44)15-43/h4-6,11-14,18,21-22,34-35,44H,7-10,15-17H2,1-3H3,(H,39,45)(H2,33,36,40,41)/p+1/b20-11-/t21?,22-/m0/s1. The lowest BCUT2D eigenvalue weighted by Crippen LogP contribution is -2.76. The number of fused-ring (bicyclic) bond motifs is 1. The minimum atomic E-state index is -0.335. The number of anilines is 2. The van der Waals surface area contributed by atoms with E-state index in [1.165, 1.54) is 6.33 Å². The summed E-state index contributed by atoms with van der Waals surface area (Å²) in [6.07, 6.45) is 7.97. The summed E-state index contributed by atoms with van der Waals surface area (Å²) in [6.45, 7) is 6.79. The molecule has 6 rings (SSSR count). The lowest BCUT2D eigenvalue weighted by atomic mass is 10.1. The van der Waals surface area contributed by atoms with Crippen LogP contribution >= 0.6 is 0 Å². The Hall–Kier alpha value is -4.92. The molecule has 240 valence electrons. The second-order valence-electron chi connectivity index (χ2n) is 11.8. The van der Waals surface area contributed by atoms with Crippen LogP contribution in [0, 0.1) is 6.92 Å². The summed E-state index contributed by atoms with van der Waals surface area (Å²) in [5.41, 5.74) is 11.1. The summed E-state index contributed by atoms with van der Waals surface area (Å²) in [6, 6.07) is 7.60. The van der Waals surface area contributed by atoms with Crippen LogP contribution in [0.3, 0.4) is 0 Å². The lowest BCUT2D eigenvalue weighted by molar-refractivity contribution is -0.575. The van der Waals surface area contributed by atoms with Crippen molar-refractivity contribution in [2.24, 2.45) is 10.7 Å². The average molecular weight is 627 g/mol. The number of allylic oxidation sites excluding steroid dienone is 1. The van der Waals surface area contributed by atoms with E-state index in [-0.39, 0.29) is 30.6 Å². The number of nitrogens with zero attached hydrogens (tertiary/aromatic N) is 7. The SMILES string of the molecule is C[NH2+]/C(C)=C\C(N)=N/c1ncc(C)c(-c2c[nH]c3c(NC(=O)CN4CC[C@H](Oc5cc(N6CCC(O)C6)ncn5)C4)cccc23)n1. The van der Waals surface area contributed by atoms with E-state index in [2.05, 4.69) is 35.1 Å². The smallest absolute Gasteiger partial charge is 0.251 e. The molecule has 3 aromatic heterocycles. The first-order chi connectivity index (χ1) is 22.2. The fourth-order valence-electron chi connectivity index (χ4n) is 5.80. The molecule has 0 bridgehead atoms. The number of carbonyl (C=O) groups is 1. The summed E-state index contributed by atoms with van der Waals surface area (Å²) in [4.78, 5) is 42.6. The van der Waals surface area contributed by atoms with Crippen LogP contribution in [0.15, 0.2) is 59.8 Å². The number of likely N-dealkylation sites (tertiary alicyclic amines) is 1. The quantitative estimate of drug-likeness (QED) is 0.127. The number of H-pyrrole nitrogens is 1. The fourth-order valence-corrected chi connectivity index (χ4v) is 5.80. The monoisotopic (exact) mass is 626 g/mol. The minimum absolute atomic E-state index is 0.0835. The van der Waals surface area contributed by atoms with Gasteiger partial charge in [0.15, 0.2) is 0 Å². The third-order valence-corrected chi connectivity index (χ3v) is 8.26. The first kappa shape index (κ1) is 31.1.